The Bertz CT molecular complexity index is 1100. The predicted molar refractivity (Wildman–Crippen MR) is 162 cm³/mol. The molecule has 6 heteroatoms. The van der Waals surface area contributed by atoms with E-state index in [-0.39, 0.29) is 17.8 Å². The SMILES string of the molecule is C=CCN1CC[C@@]23c4c5ccc(OC(=O)CCCCCCCCCCCCCCC)c4O[C@@H]2C(=O)CC[C@@]3(O)[C@H]1C5. The number of likely N-dealkylation sites (tertiary alicyclic amines) is 1. The van der Waals surface area contributed by atoms with Crippen molar-refractivity contribution in [1.82, 2.24) is 4.90 Å². The Morgan fingerprint density at radius 2 is 1.71 bits per heavy atom. The number of piperidine rings is 1. The number of carbonyl (C=O) groups excluding carboxylic acids is 2. The molecule has 1 saturated carbocycles. The molecule has 2 fully saturated rings. The number of Topliss-reactive ketones (excluding diaryl/α,β-unsaturated/α-hetero) is 1. The minimum Gasteiger partial charge on any atom is -0.477 e. The van der Waals surface area contributed by atoms with Gasteiger partial charge in [0.25, 0.3) is 0 Å². The number of rotatable bonds is 17. The first-order valence-electron chi connectivity index (χ1n) is 16.6. The third-order valence-corrected chi connectivity index (χ3v) is 10.4. The van der Waals surface area contributed by atoms with Crippen molar-refractivity contribution in [2.24, 2.45) is 0 Å². The van der Waals surface area contributed by atoms with Gasteiger partial charge in [-0.2, -0.15) is 0 Å². The van der Waals surface area contributed by atoms with Gasteiger partial charge in [-0.15, -0.1) is 6.58 Å². The number of ketones is 1. The van der Waals surface area contributed by atoms with Crippen LogP contribution in [0.3, 0.4) is 0 Å². The molecule has 226 valence electrons. The molecule has 0 aromatic heterocycles. The Labute approximate surface area is 246 Å². The molecule has 1 aromatic rings. The zero-order valence-corrected chi connectivity index (χ0v) is 25.3. The fourth-order valence-electron chi connectivity index (χ4n) is 8.33. The summed E-state index contributed by atoms with van der Waals surface area (Å²) in [6.45, 7) is 7.66. The number of carbonyl (C=O) groups is 2. The first kappa shape index (κ1) is 30.3. The van der Waals surface area contributed by atoms with E-state index in [1.807, 2.05) is 18.2 Å². The summed E-state index contributed by atoms with van der Waals surface area (Å²) in [5, 5.41) is 12.3. The summed E-state index contributed by atoms with van der Waals surface area (Å²) in [5.41, 5.74) is 0.184. The van der Waals surface area contributed by atoms with Gasteiger partial charge in [0.05, 0.1) is 11.0 Å². The zero-order valence-electron chi connectivity index (χ0n) is 25.3. The fourth-order valence-corrected chi connectivity index (χ4v) is 8.33. The van der Waals surface area contributed by atoms with Crippen LogP contribution in [0.5, 0.6) is 11.5 Å². The van der Waals surface area contributed by atoms with E-state index in [2.05, 4.69) is 18.4 Å². The number of hydrogen-bond donors (Lipinski definition) is 1. The van der Waals surface area contributed by atoms with Gasteiger partial charge >= 0.3 is 5.97 Å². The van der Waals surface area contributed by atoms with Crippen LogP contribution in [0.1, 0.15) is 127 Å². The first-order chi connectivity index (χ1) is 20.0. The highest BCUT2D eigenvalue weighted by Gasteiger charge is 2.73. The van der Waals surface area contributed by atoms with Gasteiger partial charge in [0, 0.05) is 37.5 Å². The molecular formula is C35H51NO5. The van der Waals surface area contributed by atoms with Crippen LogP contribution in [0.4, 0.5) is 0 Å². The molecule has 1 N–H and O–H groups in total. The lowest BCUT2D eigenvalue weighted by atomic mass is 9.49. The molecule has 0 unspecified atom stereocenters. The summed E-state index contributed by atoms with van der Waals surface area (Å²) in [6.07, 6.45) is 20.0. The maximum atomic E-state index is 13.2. The van der Waals surface area contributed by atoms with E-state index in [1.165, 1.54) is 64.2 Å². The fraction of sp³-hybridized carbons (Fsp3) is 0.714. The summed E-state index contributed by atoms with van der Waals surface area (Å²) < 4.78 is 12.2. The second kappa shape index (κ2) is 13.4. The lowest BCUT2D eigenvalue weighted by Gasteiger charge is -2.62. The molecule has 2 heterocycles. The Morgan fingerprint density at radius 3 is 2.37 bits per heavy atom. The smallest absolute Gasteiger partial charge is 0.311 e. The molecule has 4 aliphatic rings. The largest absolute Gasteiger partial charge is 0.477 e. The minimum atomic E-state index is -1.05. The molecule has 2 aliphatic heterocycles. The second-order valence-electron chi connectivity index (χ2n) is 13.0. The molecule has 5 rings (SSSR count). The summed E-state index contributed by atoms with van der Waals surface area (Å²) >= 11 is 0. The summed E-state index contributed by atoms with van der Waals surface area (Å²) in [4.78, 5) is 28.3. The van der Waals surface area contributed by atoms with Gasteiger partial charge in [0.2, 0.25) is 0 Å². The monoisotopic (exact) mass is 565 g/mol. The summed E-state index contributed by atoms with van der Waals surface area (Å²) in [6, 6.07) is 3.76. The highest BCUT2D eigenvalue weighted by Crippen LogP contribution is 2.64. The van der Waals surface area contributed by atoms with Crippen LogP contribution >= 0.6 is 0 Å². The molecule has 1 spiro atoms. The van der Waals surface area contributed by atoms with E-state index < -0.39 is 17.1 Å². The van der Waals surface area contributed by atoms with Crippen LogP contribution in [0.15, 0.2) is 24.8 Å². The summed E-state index contributed by atoms with van der Waals surface area (Å²) in [7, 11) is 0. The summed E-state index contributed by atoms with van der Waals surface area (Å²) in [5.74, 6) is 0.695. The van der Waals surface area contributed by atoms with Gasteiger partial charge in [-0.1, -0.05) is 96.1 Å². The molecule has 2 bridgehead atoms. The van der Waals surface area contributed by atoms with E-state index in [9.17, 15) is 14.7 Å². The number of esters is 1. The van der Waals surface area contributed by atoms with Crippen molar-refractivity contribution < 1.29 is 24.2 Å². The van der Waals surface area contributed by atoms with Gasteiger partial charge < -0.3 is 14.6 Å². The maximum absolute atomic E-state index is 13.2. The van der Waals surface area contributed by atoms with Crippen LogP contribution < -0.4 is 9.47 Å². The number of benzene rings is 1. The number of aliphatic hydroxyl groups is 1. The molecule has 4 atom stereocenters. The van der Waals surface area contributed by atoms with Crippen molar-refractivity contribution in [3.8, 4) is 11.5 Å². The van der Waals surface area contributed by atoms with Crippen LogP contribution in [-0.2, 0) is 21.4 Å². The van der Waals surface area contributed by atoms with E-state index in [0.717, 1.165) is 36.9 Å². The highest BCUT2D eigenvalue weighted by atomic mass is 16.6. The van der Waals surface area contributed by atoms with E-state index in [0.29, 0.717) is 50.1 Å². The molecule has 0 radical (unpaired) electrons. The Balaban J connectivity index is 1.13. The molecule has 41 heavy (non-hydrogen) atoms. The Kier molecular flexibility index (Phi) is 9.91. The molecular weight excluding hydrogens is 514 g/mol. The standard InChI is InChI=1S/C35H51NO5/c1-3-5-6-7-8-9-10-11-12-13-14-15-16-17-30(38)40-28-19-18-26-25-29-35(39)21-20-27(37)33-34(35,31(26)32(28)41-33)22-24-36(29)23-4-2/h4,18-19,29,33,39H,2-3,5-17,20-25H2,1H3/t29-,33-,34-,35-/m1/s1. The lowest BCUT2D eigenvalue weighted by Crippen LogP contribution is -2.76. The van der Waals surface area contributed by atoms with Crippen molar-refractivity contribution in [1.29, 1.82) is 0 Å². The second-order valence-corrected chi connectivity index (χ2v) is 13.0. The van der Waals surface area contributed by atoms with Crippen LogP contribution in [0, 0.1) is 0 Å². The van der Waals surface area contributed by atoms with Crippen LogP contribution in [0.2, 0.25) is 0 Å². The third kappa shape index (κ3) is 5.76. The van der Waals surface area contributed by atoms with Gasteiger partial charge in [-0.05, 0) is 37.3 Å². The van der Waals surface area contributed by atoms with Gasteiger partial charge in [-0.3, -0.25) is 14.5 Å². The number of nitrogens with zero attached hydrogens (tertiary/aromatic N) is 1. The van der Waals surface area contributed by atoms with Crippen molar-refractivity contribution in [3.63, 3.8) is 0 Å². The normalized spacial score (nSPS) is 27.8. The van der Waals surface area contributed by atoms with Crippen molar-refractivity contribution in [2.75, 3.05) is 13.1 Å². The minimum absolute atomic E-state index is 0.0406. The van der Waals surface area contributed by atoms with Crippen molar-refractivity contribution in [3.05, 3.63) is 35.9 Å². The van der Waals surface area contributed by atoms with E-state index >= 15 is 0 Å². The average molecular weight is 566 g/mol. The molecule has 1 saturated heterocycles. The maximum Gasteiger partial charge on any atom is 0.311 e. The lowest BCUT2D eigenvalue weighted by molar-refractivity contribution is -0.187. The molecule has 0 amide bonds. The van der Waals surface area contributed by atoms with Gasteiger partial charge in [0.1, 0.15) is 0 Å². The molecule has 1 aromatic carbocycles. The van der Waals surface area contributed by atoms with Crippen LogP contribution in [0.25, 0.3) is 0 Å². The first-order valence-corrected chi connectivity index (χ1v) is 16.6. The van der Waals surface area contributed by atoms with Crippen LogP contribution in [-0.4, -0.2) is 52.6 Å². The number of ether oxygens (including phenoxy) is 2. The zero-order chi connectivity index (χ0) is 28.9. The van der Waals surface area contributed by atoms with Gasteiger partial charge in [0.15, 0.2) is 23.4 Å². The highest BCUT2D eigenvalue weighted by molar-refractivity contribution is 5.90. The van der Waals surface area contributed by atoms with Crippen molar-refractivity contribution in [2.45, 2.75) is 146 Å². The Hall–Kier alpha value is -2.18. The van der Waals surface area contributed by atoms with Gasteiger partial charge in [-0.25, -0.2) is 0 Å². The Morgan fingerprint density at radius 1 is 1.05 bits per heavy atom. The van der Waals surface area contributed by atoms with E-state index in [4.69, 9.17) is 9.47 Å². The van der Waals surface area contributed by atoms with E-state index in [1.54, 1.807) is 0 Å². The molecule has 6 nitrogen and oxygen atoms in total. The third-order valence-electron chi connectivity index (χ3n) is 10.4. The number of unbranched alkanes of at least 4 members (excludes halogenated alkanes) is 12. The average Bonchev–Trinajstić information content (AvgIpc) is 3.32. The van der Waals surface area contributed by atoms with Crippen molar-refractivity contribution >= 4 is 11.8 Å². The predicted octanol–water partition coefficient (Wildman–Crippen LogP) is 6.98. The molecule has 2 aliphatic carbocycles. The topological polar surface area (TPSA) is 76.1 Å². The quantitative estimate of drug-likeness (QED) is 0.0950. The number of hydrogen-bond acceptors (Lipinski definition) is 6.